The van der Waals surface area contributed by atoms with Crippen molar-refractivity contribution in [1.82, 2.24) is 4.90 Å². The molecule has 2 heterocycles. The number of nitrogens with zero attached hydrogens (tertiary/aromatic N) is 1. The Hall–Kier alpha value is -0.380. The van der Waals surface area contributed by atoms with Crippen molar-refractivity contribution >= 4 is 11.3 Å². The van der Waals surface area contributed by atoms with Crippen LogP contribution in [0.5, 0.6) is 0 Å². The van der Waals surface area contributed by atoms with Crippen LogP contribution in [0.1, 0.15) is 23.3 Å². The van der Waals surface area contributed by atoms with Gasteiger partial charge in [0.2, 0.25) is 0 Å². The molecule has 2 rings (SSSR count). The molecule has 1 N–H and O–H groups in total. The molecular weight excluding hydrogens is 194 g/mol. The van der Waals surface area contributed by atoms with E-state index in [9.17, 15) is 5.11 Å². The van der Waals surface area contributed by atoms with E-state index >= 15 is 0 Å². The van der Waals surface area contributed by atoms with Gasteiger partial charge in [0.25, 0.3) is 0 Å². The molecule has 1 saturated heterocycles. The molecule has 2 nitrogen and oxygen atoms in total. The van der Waals surface area contributed by atoms with Crippen LogP contribution < -0.4 is 0 Å². The number of hydrogen-bond donors (Lipinski definition) is 1. The fraction of sp³-hybridized carbons (Fsp3) is 0.636. The van der Waals surface area contributed by atoms with Crippen LogP contribution in [-0.2, 0) is 6.54 Å². The second kappa shape index (κ2) is 4.43. The summed E-state index contributed by atoms with van der Waals surface area (Å²) in [4.78, 5) is 3.91. The molecule has 1 fully saturated rings. The fourth-order valence-corrected chi connectivity index (χ4v) is 2.79. The van der Waals surface area contributed by atoms with Crippen LogP contribution in [0.25, 0.3) is 0 Å². The maximum atomic E-state index is 9.38. The minimum absolute atomic E-state index is 0.0596. The van der Waals surface area contributed by atoms with Gasteiger partial charge in [-0.1, -0.05) is 0 Å². The third-order valence-electron chi connectivity index (χ3n) is 2.89. The van der Waals surface area contributed by atoms with Crippen LogP contribution in [0.3, 0.4) is 0 Å². The van der Waals surface area contributed by atoms with E-state index in [2.05, 4.69) is 23.3 Å². The third kappa shape index (κ3) is 2.35. The highest BCUT2D eigenvalue weighted by molar-refractivity contribution is 7.10. The zero-order valence-electron chi connectivity index (χ0n) is 8.57. The number of thiophene rings is 1. The third-order valence-corrected chi connectivity index (χ3v) is 3.90. The first-order valence-corrected chi connectivity index (χ1v) is 6.07. The minimum Gasteiger partial charge on any atom is -0.393 e. The summed E-state index contributed by atoms with van der Waals surface area (Å²) in [5.41, 5.74) is 1.40. The topological polar surface area (TPSA) is 23.5 Å². The number of aliphatic hydroxyl groups excluding tert-OH is 1. The lowest BCUT2D eigenvalue weighted by Crippen LogP contribution is -2.35. The van der Waals surface area contributed by atoms with Crippen molar-refractivity contribution in [3.63, 3.8) is 0 Å². The summed E-state index contributed by atoms with van der Waals surface area (Å²) in [6.07, 6.45) is 1.81. The smallest absolute Gasteiger partial charge is 0.0564 e. The molecule has 3 heteroatoms. The van der Waals surface area contributed by atoms with Gasteiger partial charge in [-0.2, -0.15) is 0 Å². The molecule has 0 aliphatic carbocycles. The van der Waals surface area contributed by atoms with E-state index in [0.717, 1.165) is 32.5 Å². The molecule has 0 saturated carbocycles. The molecule has 0 bridgehead atoms. The highest BCUT2D eigenvalue weighted by atomic mass is 32.1. The first-order valence-electron chi connectivity index (χ1n) is 5.19. The Morgan fingerprint density at radius 1 is 1.50 bits per heavy atom. The molecule has 0 radical (unpaired) electrons. The quantitative estimate of drug-likeness (QED) is 0.809. The van der Waals surface area contributed by atoms with Gasteiger partial charge in [0, 0.05) is 24.5 Å². The van der Waals surface area contributed by atoms with Crippen molar-refractivity contribution in [3.05, 3.63) is 21.9 Å². The Kier molecular flexibility index (Phi) is 3.21. The minimum atomic E-state index is -0.0596. The first-order chi connectivity index (χ1) is 6.75. The van der Waals surface area contributed by atoms with Gasteiger partial charge >= 0.3 is 0 Å². The molecule has 0 amide bonds. The van der Waals surface area contributed by atoms with Gasteiger partial charge in [0.15, 0.2) is 0 Å². The van der Waals surface area contributed by atoms with Crippen molar-refractivity contribution in [2.75, 3.05) is 13.1 Å². The monoisotopic (exact) mass is 211 g/mol. The van der Waals surface area contributed by atoms with E-state index in [1.54, 1.807) is 0 Å². The highest BCUT2D eigenvalue weighted by Gasteiger charge is 2.17. The molecule has 1 aliphatic heterocycles. The standard InChI is InChI=1S/C11H17NOS/c1-9-4-7-14-11(9)8-12-5-2-10(13)3-6-12/h4,7,10,13H,2-3,5-6,8H2,1H3. The van der Waals surface area contributed by atoms with E-state index in [0.29, 0.717) is 0 Å². The second-order valence-electron chi connectivity index (χ2n) is 4.03. The van der Waals surface area contributed by atoms with Crippen LogP contribution >= 0.6 is 11.3 Å². The SMILES string of the molecule is Cc1ccsc1CN1CCC(O)CC1. The van der Waals surface area contributed by atoms with Crippen molar-refractivity contribution in [2.45, 2.75) is 32.4 Å². The predicted molar refractivity (Wildman–Crippen MR) is 59.6 cm³/mol. The lowest BCUT2D eigenvalue weighted by molar-refractivity contribution is 0.0796. The van der Waals surface area contributed by atoms with Gasteiger partial charge in [0.1, 0.15) is 0 Å². The van der Waals surface area contributed by atoms with Crippen molar-refractivity contribution in [3.8, 4) is 0 Å². The van der Waals surface area contributed by atoms with Crippen LogP contribution in [0, 0.1) is 6.92 Å². The van der Waals surface area contributed by atoms with Crippen LogP contribution in [0.15, 0.2) is 11.4 Å². The van der Waals surface area contributed by atoms with E-state index < -0.39 is 0 Å². The average Bonchev–Trinajstić information content (AvgIpc) is 2.56. The lowest BCUT2D eigenvalue weighted by atomic mass is 10.1. The highest BCUT2D eigenvalue weighted by Crippen LogP contribution is 2.20. The molecule has 0 aromatic carbocycles. The summed E-state index contributed by atoms with van der Waals surface area (Å²) in [6.45, 7) is 5.32. The van der Waals surface area contributed by atoms with Gasteiger partial charge in [-0.3, -0.25) is 4.90 Å². The maximum Gasteiger partial charge on any atom is 0.0564 e. The summed E-state index contributed by atoms with van der Waals surface area (Å²) in [7, 11) is 0. The van der Waals surface area contributed by atoms with Crippen LogP contribution in [0.4, 0.5) is 0 Å². The van der Waals surface area contributed by atoms with Gasteiger partial charge in [-0.25, -0.2) is 0 Å². The Morgan fingerprint density at radius 3 is 2.79 bits per heavy atom. The van der Waals surface area contributed by atoms with E-state index in [4.69, 9.17) is 0 Å². The number of likely N-dealkylation sites (tertiary alicyclic amines) is 1. The molecule has 0 spiro atoms. The van der Waals surface area contributed by atoms with E-state index in [-0.39, 0.29) is 6.10 Å². The number of aliphatic hydroxyl groups is 1. The Labute approximate surface area is 89.2 Å². The largest absolute Gasteiger partial charge is 0.393 e. The molecule has 1 aromatic heterocycles. The molecule has 1 aliphatic rings. The molecule has 78 valence electrons. The predicted octanol–water partition coefficient (Wildman–Crippen LogP) is 2.01. The van der Waals surface area contributed by atoms with Crippen LogP contribution in [-0.4, -0.2) is 29.2 Å². The average molecular weight is 211 g/mol. The maximum absolute atomic E-state index is 9.38. The first kappa shape index (κ1) is 10.1. The number of hydrogen-bond acceptors (Lipinski definition) is 3. The van der Waals surface area contributed by atoms with Crippen molar-refractivity contribution in [1.29, 1.82) is 0 Å². The summed E-state index contributed by atoms with van der Waals surface area (Å²) < 4.78 is 0. The molecule has 1 aromatic rings. The molecular formula is C11H17NOS. The van der Waals surface area contributed by atoms with E-state index in [1.165, 1.54) is 10.4 Å². The van der Waals surface area contributed by atoms with Crippen molar-refractivity contribution < 1.29 is 5.11 Å². The molecule has 0 unspecified atom stereocenters. The van der Waals surface area contributed by atoms with Gasteiger partial charge in [-0.05, 0) is 36.8 Å². The lowest BCUT2D eigenvalue weighted by Gasteiger charge is -2.29. The summed E-state index contributed by atoms with van der Waals surface area (Å²) in [5.74, 6) is 0. The Balaban J connectivity index is 1.89. The summed E-state index contributed by atoms with van der Waals surface area (Å²) in [5, 5.41) is 11.5. The van der Waals surface area contributed by atoms with Crippen molar-refractivity contribution in [2.24, 2.45) is 0 Å². The Morgan fingerprint density at radius 2 is 2.21 bits per heavy atom. The molecule has 0 atom stereocenters. The fourth-order valence-electron chi connectivity index (χ4n) is 1.85. The second-order valence-corrected chi connectivity index (χ2v) is 5.03. The number of rotatable bonds is 2. The molecule has 14 heavy (non-hydrogen) atoms. The zero-order chi connectivity index (χ0) is 9.97. The number of piperidine rings is 1. The normalized spacial score (nSPS) is 20.1. The number of aryl methyl sites for hydroxylation is 1. The van der Waals surface area contributed by atoms with Gasteiger partial charge < -0.3 is 5.11 Å². The van der Waals surface area contributed by atoms with Gasteiger partial charge in [-0.15, -0.1) is 11.3 Å². The van der Waals surface area contributed by atoms with E-state index in [1.807, 2.05) is 11.3 Å². The summed E-state index contributed by atoms with van der Waals surface area (Å²) in [6, 6.07) is 2.18. The van der Waals surface area contributed by atoms with Crippen LogP contribution in [0.2, 0.25) is 0 Å². The Bertz CT molecular complexity index is 289. The van der Waals surface area contributed by atoms with Gasteiger partial charge in [0.05, 0.1) is 6.10 Å². The zero-order valence-corrected chi connectivity index (χ0v) is 9.39. The summed E-state index contributed by atoms with van der Waals surface area (Å²) >= 11 is 1.84.